The zero-order valence-electron chi connectivity index (χ0n) is 11.5. The molecule has 2 rings (SSSR count). The number of para-hydroxylation sites is 1. The number of aryl methyl sites for hydroxylation is 1. The quantitative estimate of drug-likeness (QED) is 0.911. The van der Waals surface area contributed by atoms with Gasteiger partial charge >= 0.3 is 0 Å². The van der Waals surface area contributed by atoms with Gasteiger partial charge in [0.05, 0.1) is 0 Å². The van der Waals surface area contributed by atoms with Crippen LogP contribution >= 0.6 is 0 Å². The normalized spacial score (nSPS) is 10.1. The van der Waals surface area contributed by atoms with Crippen molar-refractivity contribution in [3.05, 3.63) is 59.7 Å². The summed E-state index contributed by atoms with van der Waals surface area (Å²) >= 11 is 0. The number of hydrogen-bond acceptors (Lipinski definition) is 2. The van der Waals surface area contributed by atoms with Gasteiger partial charge < -0.3 is 10.2 Å². The fraction of sp³-hybridized carbons (Fsp3) is 0.188. The summed E-state index contributed by atoms with van der Waals surface area (Å²) < 4.78 is 0. The van der Waals surface area contributed by atoms with Gasteiger partial charge in [0.25, 0.3) is 5.91 Å². The van der Waals surface area contributed by atoms with Crippen LogP contribution in [0.25, 0.3) is 0 Å². The van der Waals surface area contributed by atoms with Crippen molar-refractivity contribution in [2.45, 2.75) is 6.92 Å². The number of amides is 1. The van der Waals surface area contributed by atoms with Gasteiger partial charge in [0.1, 0.15) is 0 Å². The van der Waals surface area contributed by atoms with E-state index in [2.05, 4.69) is 5.32 Å². The molecule has 0 aliphatic rings. The minimum atomic E-state index is -0.00282. The summed E-state index contributed by atoms with van der Waals surface area (Å²) in [5.41, 5.74) is 3.69. The fourth-order valence-electron chi connectivity index (χ4n) is 2.04. The van der Waals surface area contributed by atoms with Gasteiger partial charge in [-0.05, 0) is 42.8 Å². The fourth-order valence-corrected chi connectivity index (χ4v) is 2.04. The Bertz CT molecular complexity index is 579. The monoisotopic (exact) mass is 254 g/mol. The van der Waals surface area contributed by atoms with Gasteiger partial charge in [-0.15, -0.1) is 0 Å². The first-order valence-corrected chi connectivity index (χ1v) is 6.25. The van der Waals surface area contributed by atoms with E-state index in [1.54, 1.807) is 11.9 Å². The predicted octanol–water partition coefficient (Wildman–Crippen LogP) is 3.31. The molecule has 0 aliphatic carbocycles. The molecule has 1 N–H and O–H groups in total. The third-order valence-corrected chi connectivity index (χ3v) is 3.19. The highest BCUT2D eigenvalue weighted by Gasteiger charge is 2.13. The summed E-state index contributed by atoms with van der Waals surface area (Å²) in [6.07, 6.45) is 0. The molecule has 2 aromatic rings. The molecule has 0 saturated carbocycles. The standard InChI is InChI=1S/C16H18N2O/c1-12-11-13(9-10-15(12)17-2)16(19)18(3)14-7-5-4-6-8-14/h4-11,17H,1-3H3. The predicted molar refractivity (Wildman–Crippen MR) is 79.9 cm³/mol. The molecule has 0 unspecified atom stereocenters. The Kier molecular flexibility index (Phi) is 3.85. The smallest absolute Gasteiger partial charge is 0.258 e. The van der Waals surface area contributed by atoms with E-state index >= 15 is 0 Å². The summed E-state index contributed by atoms with van der Waals surface area (Å²) in [7, 11) is 3.67. The SMILES string of the molecule is CNc1ccc(C(=O)N(C)c2ccccc2)cc1C. The van der Waals surface area contributed by atoms with Crippen molar-refractivity contribution in [3.63, 3.8) is 0 Å². The number of carbonyl (C=O) groups is 1. The molecule has 0 spiro atoms. The van der Waals surface area contributed by atoms with Crippen molar-refractivity contribution >= 4 is 17.3 Å². The number of nitrogens with one attached hydrogen (secondary N) is 1. The molecule has 98 valence electrons. The van der Waals surface area contributed by atoms with E-state index in [0.717, 1.165) is 16.9 Å². The van der Waals surface area contributed by atoms with Crippen LogP contribution in [0.4, 0.5) is 11.4 Å². The number of rotatable bonds is 3. The second kappa shape index (κ2) is 5.57. The molecule has 19 heavy (non-hydrogen) atoms. The summed E-state index contributed by atoms with van der Waals surface area (Å²) in [4.78, 5) is 14.1. The maximum atomic E-state index is 12.4. The van der Waals surface area contributed by atoms with Gasteiger partial charge in [-0.3, -0.25) is 4.79 Å². The van der Waals surface area contributed by atoms with E-state index in [1.165, 1.54) is 0 Å². The topological polar surface area (TPSA) is 32.3 Å². The molecular weight excluding hydrogens is 236 g/mol. The van der Waals surface area contributed by atoms with Gasteiger partial charge in [0.15, 0.2) is 0 Å². The van der Waals surface area contributed by atoms with Crippen LogP contribution in [0.2, 0.25) is 0 Å². The molecule has 0 atom stereocenters. The van der Waals surface area contributed by atoms with Crippen molar-refractivity contribution in [2.24, 2.45) is 0 Å². The molecular formula is C16H18N2O. The summed E-state index contributed by atoms with van der Waals surface area (Å²) in [5.74, 6) is -0.00282. The maximum Gasteiger partial charge on any atom is 0.258 e. The molecule has 0 fully saturated rings. The second-order valence-electron chi connectivity index (χ2n) is 4.48. The van der Waals surface area contributed by atoms with Crippen LogP contribution in [0.3, 0.4) is 0 Å². The lowest BCUT2D eigenvalue weighted by Crippen LogP contribution is -2.26. The highest BCUT2D eigenvalue weighted by Crippen LogP contribution is 2.19. The lowest BCUT2D eigenvalue weighted by molar-refractivity contribution is 0.0993. The Morgan fingerprint density at radius 3 is 2.37 bits per heavy atom. The second-order valence-corrected chi connectivity index (χ2v) is 4.48. The van der Waals surface area contributed by atoms with Gasteiger partial charge in [0.2, 0.25) is 0 Å². The third kappa shape index (κ3) is 2.76. The lowest BCUT2D eigenvalue weighted by atomic mass is 10.1. The molecule has 3 nitrogen and oxygen atoms in total. The molecule has 0 radical (unpaired) electrons. The number of carbonyl (C=O) groups excluding carboxylic acids is 1. The molecule has 0 bridgehead atoms. The Balaban J connectivity index is 2.27. The zero-order chi connectivity index (χ0) is 13.8. The van der Waals surface area contributed by atoms with Crippen LogP contribution in [-0.4, -0.2) is 20.0 Å². The van der Waals surface area contributed by atoms with Crippen LogP contribution in [0.5, 0.6) is 0 Å². The van der Waals surface area contributed by atoms with Crippen molar-refractivity contribution in [1.82, 2.24) is 0 Å². The largest absolute Gasteiger partial charge is 0.388 e. The van der Waals surface area contributed by atoms with Crippen molar-refractivity contribution in [3.8, 4) is 0 Å². The van der Waals surface area contributed by atoms with Crippen LogP contribution in [0.1, 0.15) is 15.9 Å². The van der Waals surface area contributed by atoms with Crippen LogP contribution in [-0.2, 0) is 0 Å². The Labute approximate surface area is 113 Å². The van der Waals surface area contributed by atoms with Crippen LogP contribution in [0.15, 0.2) is 48.5 Å². The first-order chi connectivity index (χ1) is 9.13. The summed E-state index contributed by atoms with van der Waals surface area (Å²) in [6.45, 7) is 1.99. The first-order valence-electron chi connectivity index (χ1n) is 6.25. The number of benzene rings is 2. The lowest BCUT2D eigenvalue weighted by Gasteiger charge is -2.18. The molecule has 2 aromatic carbocycles. The maximum absolute atomic E-state index is 12.4. The average Bonchev–Trinajstić information content (AvgIpc) is 2.46. The molecule has 0 aromatic heterocycles. The van der Waals surface area contributed by atoms with E-state index in [4.69, 9.17) is 0 Å². The van der Waals surface area contributed by atoms with Gasteiger partial charge in [-0.25, -0.2) is 0 Å². The highest BCUT2D eigenvalue weighted by molar-refractivity contribution is 6.06. The van der Waals surface area contributed by atoms with Gasteiger partial charge in [-0.2, -0.15) is 0 Å². The average molecular weight is 254 g/mol. The van der Waals surface area contributed by atoms with Crippen molar-refractivity contribution < 1.29 is 4.79 Å². The number of anilines is 2. The van der Waals surface area contributed by atoms with E-state index in [0.29, 0.717) is 5.56 Å². The van der Waals surface area contributed by atoms with Gasteiger partial charge in [-0.1, -0.05) is 18.2 Å². The third-order valence-electron chi connectivity index (χ3n) is 3.19. The van der Waals surface area contributed by atoms with E-state index in [1.807, 2.05) is 62.5 Å². The summed E-state index contributed by atoms with van der Waals surface area (Å²) in [6, 6.07) is 15.3. The van der Waals surface area contributed by atoms with E-state index < -0.39 is 0 Å². The number of nitrogens with zero attached hydrogens (tertiary/aromatic N) is 1. The van der Waals surface area contributed by atoms with Crippen molar-refractivity contribution in [1.29, 1.82) is 0 Å². The van der Waals surface area contributed by atoms with Crippen LogP contribution in [0, 0.1) is 6.92 Å². The minimum Gasteiger partial charge on any atom is -0.388 e. The number of hydrogen-bond donors (Lipinski definition) is 1. The Morgan fingerprint density at radius 2 is 1.79 bits per heavy atom. The van der Waals surface area contributed by atoms with E-state index in [-0.39, 0.29) is 5.91 Å². The molecule has 1 amide bonds. The van der Waals surface area contributed by atoms with Gasteiger partial charge in [0, 0.05) is 31.0 Å². The molecule has 3 heteroatoms. The Morgan fingerprint density at radius 1 is 1.11 bits per heavy atom. The highest BCUT2D eigenvalue weighted by atomic mass is 16.2. The summed E-state index contributed by atoms with van der Waals surface area (Å²) in [5, 5.41) is 3.10. The minimum absolute atomic E-state index is 0.00282. The molecule has 0 saturated heterocycles. The molecule has 0 aliphatic heterocycles. The molecule has 0 heterocycles. The van der Waals surface area contributed by atoms with E-state index in [9.17, 15) is 4.79 Å². The van der Waals surface area contributed by atoms with Crippen molar-refractivity contribution in [2.75, 3.05) is 24.3 Å². The zero-order valence-corrected chi connectivity index (χ0v) is 11.5. The van der Waals surface area contributed by atoms with Crippen LogP contribution < -0.4 is 10.2 Å². The first kappa shape index (κ1) is 13.1. The Hall–Kier alpha value is -2.29.